The highest BCUT2D eigenvalue weighted by molar-refractivity contribution is 5.77. The van der Waals surface area contributed by atoms with E-state index in [0.717, 1.165) is 69.2 Å². The van der Waals surface area contributed by atoms with Crippen LogP contribution in [0.2, 0.25) is 0 Å². The van der Waals surface area contributed by atoms with Gasteiger partial charge in [0.2, 0.25) is 0 Å². The molecule has 5 fully saturated rings. The number of carbonyl (C=O) groups is 1. The average Bonchev–Trinajstić information content (AvgIpc) is 3.30. The van der Waals surface area contributed by atoms with Crippen molar-refractivity contribution < 1.29 is 13.6 Å². The molecule has 2 aromatic rings. The number of alkyl halides is 2. The molecule has 34 heavy (non-hydrogen) atoms. The predicted octanol–water partition coefficient (Wildman–Crippen LogP) is 3.84. The predicted molar refractivity (Wildman–Crippen MR) is 118 cm³/mol. The minimum atomic E-state index is -2.52. The molecule has 2 aromatic heterocycles. The standard InChI is InChI=1S/C24H31F2N7O/c1-14-4-18(19(25)26)30-33(14)9-15-5-23(6-15)10-31(11-23)22(34)32-12-24(13-32)7-17(8-24)21-27-20(28-29-21)16-2-3-16/h4,15-17,19H,2-3,5-13H2,1H3,(H,27,28,29). The van der Waals surface area contributed by atoms with Crippen molar-refractivity contribution in [3.63, 3.8) is 0 Å². The Morgan fingerprint density at radius 1 is 1.09 bits per heavy atom. The first kappa shape index (κ1) is 20.8. The third-order valence-corrected chi connectivity index (χ3v) is 8.95. The van der Waals surface area contributed by atoms with E-state index in [1.54, 1.807) is 4.68 Å². The number of likely N-dealkylation sites (tertiary alicyclic amines) is 2. The molecule has 1 N–H and O–H groups in total. The van der Waals surface area contributed by atoms with Crippen molar-refractivity contribution in [2.75, 3.05) is 26.2 Å². The summed E-state index contributed by atoms with van der Waals surface area (Å²) in [7, 11) is 0. The summed E-state index contributed by atoms with van der Waals surface area (Å²) < 4.78 is 27.5. The van der Waals surface area contributed by atoms with E-state index < -0.39 is 6.43 Å². The number of H-pyrrole nitrogens is 1. The Kier molecular flexibility index (Phi) is 4.29. The number of urea groups is 1. The molecule has 10 heteroatoms. The molecule has 182 valence electrons. The van der Waals surface area contributed by atoms with E-state index in [0.29, 0.717) is 24.3 Å². The average molecular weight is 472 g/mol. The molecule has 0 atom stereocenters. The lowest BCUT2D eigenvalue weighted by atomic mass is 9.57. The Balaban J connectivity index is 0.852. The van der Waals surface area contributed by atoms with Gasteiger partial charge in [0.05, 0.1) is 0 Å². The zero-order valence-corrected chi connectivity index (χ0v) is 19.5. The van der Waals surface area contributed by atoms with Crippen molar-refractivity contribution in [1.82, 2.24) is 34.8 Å². The number of aromatic nitrogens is 5. The number of aryl methyl sites for hydroxylation is 1. The third kappa shape index (κ3) is 3.27. The van der Waals surface area contributed by atoms with Gasteiger partial charge in [0, 0.05) is 61.1 Å². The van der Waals surface area contributed by atoms with E-state index in [1.807, 2.05) is 16.7 Å². The lowest BCUT2D eigenvalue weighted by molar-refractivity contribution is -0.103. The molecule has 2 amide bonds. The van der Waals surface area contributed by atoms with Crippen molar-refractivity contribution in [3.8, 4) is 0 Å². The number of hydrogen-bond donors (Lipinski definition) is 1. The smallest absolute Gasteiger partial charge is 0.320 e. The van der Waals surface area contributed by atoms with Gasteiger partial charge in [-0.1, -0.05) is 0 Å². The summed E-state index contributed by atoms with van der Waals surface area (Å²) in [6, 6.07) is 1.66. The van der Waals surface area contributed by atoms with Crippen LogP contribution in [0.5, 0.6) is 0 Å². The SMILES string of the molecule is Cc1cc(C(F)F)nn1CC1CC2(C1)CN(C(=O)N1CC3(CC(c4nc(C5CC5)n[nH]4)C3)C1)C2. The van der Waals surface area contributed by atoms with Gasteiger partial charge >= 0.3 is 6.03 Å². The van der Waals surface area contributed by atoms with Crippen molar-refractivity contribution in [3.05, 3.63) is 29.1 Å². The van der Waals surface area contributed by atoms with E-state index in [-0.39, 0.29) is 22.6 Å². The Bertz CT molecular complexity index is 1110. The van der Waals surface area contributed by atoms with Gasteiger partial charge in [-0.3, -0.25) is 9.78 Å². The highest BCUT2D eigenvalue weighted by Gasteiger charge is 2.58. The molecule has 2 aliphatic heterocycles. The summed E-state index contributed by atoms with van der Waals surface area (Å²) in [6.45, 7) is 5.91. The minimum absolute atomic E-state index is 0.138. The number of nitrogens with zero attached hydrogens (tertiary/aromatic N) is 6. The number of halogens is 2. The topological polar surface area (TPSA) is 82.9 Å². The van der Waals surface area contributed by atoms with E-state index in [4.69, 9.17) is 4.98 Å². The molecular weight excluding hydrogens is 440 g/mol. The number of aromatic amines is 1. The van der Waals surface area contributed by atoms with Crippen LogP contribution in [-0.2, 0) is 6.54 Å². The lowest BCUT2D eigenvalue weighted by Gasteiger charge is -2.63. The Morgan fingerprint density at radius 2 is 1.74 bits per heavy atom. The summed E-state index contributed by atoms with van der Waals surface area (Å²) in [6.07, 6.45) is 4.20. The van der Waals surface area contributed by atoms with Crippen LogP contribution in [0.4, 0.5) is 13.6 Å². The molecule has 0 aromatic carbocycles. The van der Waals surface area contributed by atoms with Crippen molar-refractivity contribution in [1.29, 1.82) is 0 Å². The van der Waals surface area contributed by atoms with E-state index in [9.17, 15) is 13.6 Å². The number of carbonyl (C=O) groups excluding carboxylic acids is 1. The van der Waals surface area contributed by atoms with Gasteiger partial charge in [0.1, 0.15) is 11.5 Å². The summed E-state index contributed by atoms with van der Waals surface area (Å²) in [5, 5.41) is 11.6. The van der Waals surface area contributed by atoms with Crippen LogP contribution in [0.3, 0.4) is 0 Å². The summed E-state index contributed by atoms with van der Waals surface area (Å²) in [5.41, 5.74) is 1.18. The molecule has 7 rings (SSSR count). The van der Waals surface area contributed by atoms with Gasteiger partial charge < -0.3 is 9.80 Å². The van der Waals surface area contributed by atoms with Gasteiger partial charge in [-0.05, 0) is 57.4 Å². The van der Waals surface area contributed by atoms with E-state index in [1.165, 1.54) is 18.9 Å². The second-order valence-electron chi connectivity index (χ2n) is 11.9. The first-order chi connectivity index (χ1) is 16.3. The van der Waals surface area contributed by atoms with Crippen LogP contribution in [0.15, 0.2) is 6.07 Å². The minimum Gasteiger partial charge on any atom is -0.323 e. The van der Waals surface area contributed by atoms with Crippen LogP contribution in [0, 0.1) is 23.7 Å². The maximum Gasteiger partial charge on any atom is 0.320 e. The van der Waals surface area contributed by atoms with E-state index >= 15 is 0 Å². The summed E-state index contributed by atoms with van der Waals surface area (Å²) >= 11 is 0. The molecule has 2 spiro atoms. The molecule has 0 unspecified atom stereocenters. The fraction of sp³-hybridized carbons (Fsp3) is 0.750. The normalized spacial score (nSPS) is 25.4. The van der Waals surface area contributed by atoms with Gasteiger partial charge in [-0.15, -0.1) is 0 Å². The van der Waals surface area contributed by atoms with Crippen molar-refractivity contribution in [2.24, 2.45) is 16.7 Å². The summed E-state index contributed by atoms with van der Waals surface area (Å²) in [4.78, 5) is 21.6. The first-order valence-corrected chi connectivity index (χ1v) is 12.6. The van der Waals surface area contributed by atoms with Crippen molar-refractivity contribution >= 4 is 6.03 Å². The number of hydrogen-bond acceptors (Lipinski definition) is 4. The summed E-state index contributed by atoms with van der Waals surface area (Å²) in [5.74, 6) is 3.53. The maximum absolute atomic E-state index is 12.9. The zero-order valence-electron chi connectivity index (χ0n) is 19.5. The molecule has 4 heterocycles. The molecule has 0 radical (unpaired) electrons. The Labute approximate surface area is 197 Å². The van der Waals surface area contributed by atoms with Crippen LogP contribution in [0.25, 0.3) is 0 Å². The molecular formula is C24H31F2N7O. The van der Waals surface area contributed by atoms with Gasteiger partial charge in [-0.2, -0.15) is 10.2 Å². The maximum atomic E-state index is 12.9. The van der Waals surface area contributed by atoms with Crippen LogP contribution < -0.4 is 0 Å². The molecule has 3 aliphatic carbocycles. The van der Waals surface area contributed by atoms with Crippen LogP contribution in [0.1, 0.15) is 79.8 Å². The van der Waals surface area contributed by atoms with Crippen LogP contribution >= 0.6 is 0 Å². The number of nitrogens with one attached hydrogen (secondary N) is 1. The molecule has 2 saturated heterocycles. The third-order valence-electron chi connectivity index (χ3n) is 8.95. The van der Waals surface area contributed by atoms with Gasteiger partial charge in [-0.25, -0.2) is 18.6 Å². The number of amides is 2. The lowest BCUT2D eigenvalue weighted by Crippen LogP contribution is -2.71. The fourth-order valence-corrected chi connectivity index (χ4v) is 7.05. The largest absolute Gasteiger partial charge is 0.323 e. The van der Waals surface area contributed by atoms with E-state index in [2.05, 4.69) is 15.3 Å². The number of rotatable bonds is 5. The molecule has 8 nitrogen and oxygen atoms in total. The fourth-order valence-electron chi connectivity index (χ4n) is 7.05. The quantitative estimate of drug-likeness (QED) is 0.718. The van der Waals surface area contributed by atoms with Gasteiger partial charge in [0.25, 0.3) is 6.43 Å². The molecule has 3 saturated carbocycles. The Morgan fingerprint density at radius 3 is 2.32 bits per heavy atom. The monoisotopic (exact) mass is 471 g/mol. The van der Waals surface area contributed by atoms with Gasteiger partial charge in [0.15, 0.2) is 5.82 Å². The molecule has 5 aliphatic rings. The highest BCUT2D eigenvalue weighted by atomic mass is 19.3. The molecule has 0 bridgehead atoms. The highest BCUT2D eigenvalue weighted by Crippen LogP contribution is 2.57. The van der Waals surface area contributed by atoms with Crippen molar-refractivity contribution in [2.45, 2.75) is 70.3 Å². The first-order valence-electron chi connectivity index (χ1n) is 12.6. The Hall–Kier alpha value is -2.52. The van der Waals surface area contributed by atoms with Crippen LogP contribution in [-0.4, -0.2) is 67.0 Å². The second-order valence-corrected chi connectivity index (χ2v) is 11.9. The second kappa shape index (κ2) is 7.01. The zero-order chi connectivity index (χ0) is 23.2.